The maximum absolute atomic E-state index is 5.46. The molecule has 0 saturated heterocycles. The molecule has 1 N–H and O–H groups in total. The Kier molecular flexibility index (Phi) is 4.40. The first kappa shape index (κ1) is 12.4. The van der Waals surface area contributed by atoms with Crippen molar-refractivity contribution in [2.75, 3.05) is 0 Å². The Hall–Kier alpha value is -1.06. The van der Waals surface area contributed by atoms with Crippen molar-refractivity contribution < 1.29 is 4.42 Å². The second-order valence-corrected chi connectivity index (χ2v) is 5.36. The van der Waals surface area contributed by atoms with Crippen LogP contribution in [0, 0.1) is 0 Å². The Morgan fingerprint density at radius 1 is 1.35 bits per heavy atom. The number of rotatable bonds is 6. The number of thiophene rings is 1. The number of nitrogens with one attached hydrogen (secondary N) is 1. The van der Waals surface area contributed by atoms with Crippen molar-refractivity contribution in [3.05, 3.63) is 46.5 Å². The van der Waals surface area contributed by atoms with Gasteiger partial charge in [0.05, 0.1) is 12.3 Å². The summed E-state index contributed by atoms with van der Waals surface area (Å²) in [6.07, 6.45) is 3.86. The third-order valence-corrected chi connectivity index (χ3v) is 3.77. The van der Waals surface area contributed by atoms with Crippen LogP contribution in [-0.2, 0) is 6.42 Å². The molecule has 2 aromatic heterocycles. The lowest BCUT2D eigenvalue weighted by atomic mass is 10.1. The molecular weight excluding hydrogens is 230 g/mol. The van der Waals surface area contributed by atoms with Crippen LogP contribution in [0.4, 0.5) is 0 Å². The van der Waals surface area contributed by atoms with Crippen LogP contribution in [0.25, 0.3) is 0 Å². The molecule has 2 aromatic rings. The maximum Gasteiger partial charge on any atom is 0.120 e. The van der Waals surface area contributed by atoms with E-state index in [1.807, 2.05) is 23.5 Å². The summed E-state index contributed by atoms with van der Waals surface area (Å²) < 4.78 is 5.46. The van der Waals surface area contributed by atoms with Gasteiger partial charge in [0.2, 0.25) is 0 Å². The largest absolute Gasteiger partial charge is 0.468 e. The van der Waals surface area contributed by atoms with Gasteiger partial charge in [-0.1, -0.05) is 13.0 Å². The fourth-order valence-electron chi connectivity index (χ4n) is 2.02. The molecule has 0 aliphatic rings. The highest BCUT2D eigenvalue weighted by Gasteiger charge is 2.15. The third-order valence-electron chi connectivity index (χ3n) is 2.87. The van der Waals surface area contributed by atoms with E-state index in [0.29, 0.717) is 12.1 Å². The van der Waals surface area contributed by atoms with Gasteiger partial charge in [0.1, 0.15) is 5.76 Å². The van der Waals surface area contributed by atoms with E-state index in [1.54, 1.807) is 6.26 Å². The molecule has 2 nitrogen and oxygen atoms in total. The molecule has 0 fully saturated rings. The van der Waals surface area contributed by atoms with E-state index in [9.17, 15) is 0 Å². The first-order valence-electron chi connectivity index (χ1n) is 6.11. The third kappa shape index (κ3) is 3.45. The van der Waals surface area contributed by atoms with Crippen molar-refractivity contribution in [3.8, 4) is 0 Å². The van der Waals surface area contributed by atoms with Gasteiger partial charge in [0, 0.05) is 10.9 Å². The highest BCUT2D eigenvalue weighted by Crippen LogP contribution is 2.19. The van der Waals surface area contributed by atoms with Crippen LogP contribution < -0.4 is 5.32 Å². The average molecular weight is 249 g/mol. The zero-order valence-electron chi connectivity index (χ0n) is 10.3. The number of hydrogen-bond donors (Lipinski definition) is 1. The molecule has 2 heterocycles. The first-order chi connectivity index (χ1) is 8.29. The van der Waals surface area contributed by atoms with Crippen LogP contribution >= 0.6 is 11.3 Å². The van der Waals surface area contributed by atoms with Crippen molar-refractivity contribution in [3.63, 3.8) is 0 Å². The summed E-state index contributed by atoms with van der Waals surface area (Å²) in [5.41, 5.74) is 0. The van der Waals surface area contributed by atoms with Gasteiger partial charge in [0.15, 0.2) is 0 Å². The lowest BCUT2D eigenvalue weighted by Gasteiger charge is -2.20. The van der Waals surface area contributed by atoms with E-state index < -0.39 is 0 Å². The average Bonchev–Trinajstić information content (AvgIpc) is 2.97. The minimum Gasteiger partial charge on any atom is -0.468 e. The molecule has 0 spiro atoms. The quantitative estimate of drug-likeness (QED) is 0.836. The lowest BCUT2D eigenvalue weighted by molar-refractivity contribution is 0.372. The molecule has 0 aromatic carbocycles. The second-order valence-electron chi connectivity index (χ2n) is 4.33. The summed E-state index contributed by atoms with van der Waals surface area (Å²) in [5, 5.41) is 5.75. The van der Waals surface area contributed by atoms with E-state index in [-0.39, 0.29) is 0 Å². The normalized spacial score (nSPS) is 14.7. The van der Waals surface area contributed by atoms with Gasteiger partial charge < -0.3 is 9.73 Å². The van der Waals surface area contributed by atoms with Crippen molar-refractivity contribution in [2.45, 2.75) is 38.8 Å². The zero-order chi connectivity index (χ0) is 12.1. The smallest absolute Gasteiger partial charge is 0.120 e. The van der Waals surface area contributed by atoms with E-state index in [4.69, 9.17) is 4.42 Å². The Bertz CT molecular complexity index is 407. The molecule has 3 heteroatoms. The zero-order valence-corrected chi connectivity index (χ0v) is 11.2. The van der Waals surface area contributed by atoms with Crippen molar-refractivity contribution >= 4 is 11.3 Å². The minimum atomic E-state index is 0.319. The standard InChI is InChI=1S/C14H19NOS/c1-3-13(14-7-4-8-16-14)15-11(2)10-12-6-5-9-17-12/h4-9,11,13,15H,3,10H2,1-2H3. The van der Waals surface area contributed by atoms with Crippen LogP contribution in [0.2, 0.25) is 0 Å². The predicted molar refractivity (Wildman–Crippen MR) is 72.4 cm³/mol. The number of furan rings is 1. The molecular formula is C14H19NOS. The van der Waals surface area contributed by atoms with Gasteiger partial charge in [-0.05, 0) is 43.3 Å². The molecule has 17 heavy (non-hydrogen) atoms. The summed E-state index contributed by atoms with van der Waals surface area (Å²) in [5.74, 6) is 1.03. The van der Waals surface area contributed by atoms with Crippen molar-refractivity contribution in [2.24, 2.45) is 0 Å². The minimum absolute atomic E-state index is 0.319. The van der Waals surface area contributed by atoms with E-state index in [2.05, 4.69) is 36.7 Å². The highest BCUT2D eigenvalue weighted by molar-refractivity contribution is 7.09. The monoisotopic (exact) mass is 249 g/mol. The van der Waals surface area contributed by atoms with Crippen LogP contribution in [0.5, 0.6) is 0 Å². The molecule has 2 rings (SSSR count). The van der Waals surface area contributed by atoms with Gasteiger partial charge >= 0.3 is 0 Å². The summed E-state index contributed by atoms with van der Waals surface area (Å²) in [7, 11) is 0. The lowest BCUT2D eigenvalue weighted by Crippen LogP contribution is -2.31. The summed E-state index contributed by atoms with van der Waals surface area (Å²) in [6, 6.07) is 9.07. The Morgan fingerprint density at radius 3 is 2.82 bits per heavy atom. The SMILES string of the molecule is CCC(NC(C)Cc1cccs1)c1ccco1. The Balaban J connectivity index is 1.90. The topological polar surface area (TPSA) is 25.2 Å². The van der Waals surface area contributed by atoms with Crippen molar-refractivity contribution in [1.82, 2.24) is 5.32 Å². The summed E-state index contributed by atoms with van der Waals surface area (Å²) in [4.78, 5) is 1.43. The van der Waals surface area contributed by atoms with Gasteiger partial charge in [-0.3, -0.25) is 0 Å². The summed E-state index contributed by atoms with van der Waals surface area (Å²) >= 11 is 1.82. The van der Waals surface area contributed by atoms with Gasteiger partial charge in [-0.2, -0.15) is 0 Å². The first-order valence-corrected chi connectivity index (χ1v) is 6.99. The molecule has 0 radical (unpaired) electrons. The molecule has 0 bridgehead atoms. The molecule has 0 aliphatic carbocycles. The highest BCUT2D eigenvalue weighted by atomic mass is 32.1. The van der Waals surface area contributed by atoms with Crippen molar-refractivity contribution in [1.29, 1.82) is 0 Å². The molecule has 0 amide bonds. The predicted octanol–water partition coefficient (Wildman–Crippen LogP) is 4.01. The molecule has 92 valence electrons. The summed E-state index contributed by atoms with van der Waals surface area (Å²) in [6.45, 7) is 4.41. The molecule has 2 atom stereocenters. The van der Waals surface area contributed by atoms with Gasteiger partial charge in [-0.25, -0.2) is 0 Å². The van der Waals surface area contributed by atoms with E-state index >= 15 is 0 Å². The van der Waals surface area contributed by atoms with E-state index in [1.165, 1.54) is 4.88 Å². The molecule has 0 aliphatic heterocycles. The van der Waals surface area contributed by atoms with Crippen LogP contribution in [0.3, 0.4) is 0 Å². The van der Waals surface area contributed by atoms with E-state index in [0.717, 1.165) is 18.6 Å². The fraction of sp³-hybridized carbons (Fsp3) is 0.429. The maximum atomic E-state index is 5.46. The van der Waals surface area contributed by atoms with Gasteiger partial charge in [0.25, 0.3) is 0 Å². The van der Waals surface area contributed by atoms with Crippen LogP contribution in [0.1, 0.15) is 36.9 Å². The molecule has 2 unspecified atom stereocenters. The van der Waals surface area contributed by atoms with Crippen LogP contribution in [0.15, 0.2) is 40.3 Å². The molecule has 0 saturated carbocycles. The number of hydrogen-bond acceptors (Lipinski definition) is 3. The van der Waals surface area contributed by atoms with Crippen LogP contribution in [-0.4, -0.2) is 6.04 Å². The Labute approximate surface area is 107 Å². The fourth-order valence-corrected chi connectivity index (χ4v) is 2.86. The second kappa shape index (κ2) is 6.03. The van der Waals surface area contributed by atoms with Gasteiger partial charge in [-0.15, -0.1) is 11.3 Å². The Morgan fingerprint density at radius 2 is 2.24 bits per heavy atom.